The summed E-state index contributed by atoms with van der Waals surface area (Å²) in [4.78, 5) is 9.93. The molecule has 0 saturated carbocycles. The lowest BCUT2D eigenvalue weighted by Gasteiger charge is -2.11. The van der Waals surface area contributed by atoms with E-state index in [0.717, 1.165) is 12.3 Å². The summed E-state index contributed by atoms with van der Waals surface area (Å²) in [6.45, 7) is 9.10. The van der Waals surface area contributed by atoms with E-state index in [1.54, 1.807) is 0 Å². The van der Waals surface area contributed by atoms with Gasteiger partial charge < -0.3 is 0 Å². The highest BCUT2D eigenvalue weighted by molar-refractivity contribution is 4.51. The Hall–Kier alpha value is -0.0800. The van der Waals surface area contributed by atoms with Gasteiger partial charge in [-0.05, 0) is 26.2 Å². The third-order valence-electron chi connectivity index (χ3n) is 1.74. The molecule has 0 aromatic rings. The Morgan fingerprint density at radius 1 is 1.08 bits per heavy atom. The quantitative estimate of drug-likeness (QED) is 0.436. The van der Waals surface area contributed by atoms with Gasteiger partial charge in [0.05, 0.1) is 12.7 Å². The maximum absolute atomic E-state index is 5.07. The largest absolute Gasteiger partial charge is 0.237 e. The van der Waals surface area contributed by atoms with Crippen molar-refractivity contribution in [1.82, 2.24) is 0 Å². The molecular formula is C10H22O2. The summed E-state index contributed by atoms with van der Waals surface area (Å²) >= 11 is 0. The second-order valence-electron chi connectivity index (χ2n) is 3.64. The standard InChI is InChI=1S/C10H22O2/c1-5-11-12-10(4)8-6-7-9(2)3/h9-10H,5-8H2,1-4H3. The van der Waals surface area contributed by atoms with E-state index in [9.17, 15) is 0 Å². The highest BCUT2D eigenvalue weighted by atomic mass is 17.2. The molecule has 0 saturated heterocycles. The van der Waals surface area contributed by atoms with E-state index >= 15 is 0 Å². The van der Waals surface area contributed by atoms with Gasteiger partial charge in [-0.3, -0.25) is 0 Å². The Morgan fingerprint density at radius 3 is 2.25 bits per heavy atom. The molecule has 74 valence electrons. The van der Waals surface area contributed by atoms with E-state index in [0.29, 0.717) is 6.61 Å². The van der Waals surface area contributed by atoms with Crippen molar-refractivity contribution in [2.24, 2.45) is 5.92 Å². The first-order valence-electron chi connectivity index (χ1n) is 4.95. The van der Waals surface area contributed by atoms with E-state index in [4.69, 9.17) is 9.78 Å². The van der Waals surface area contributed by atoms with Gasteiger partial charge in [-0.15, -0.1) is 0 Å². The van der Waals surface area contributed by atoms with Gasteiger partial charge in [0, 0.05) is 0 Å². The van der Waals surface area contributed by atoms with Crippen LogP contribution in [-0.4, -0.2) is 12.7 Å². The first kappa shape index (κ1) is 11.9. The molecule has 0 aliphatic carbocycles. The summed E-state index contributed by atoms with van der Waals surface area (Å²) in [7, 11) is 0. The van der Waals surface area contributed by atoms with Crippen LogP contribution in [0.3, 0.4) is 0 Å². The van der Waals surface area contributed by atoms with Gasteiger partial charge >= 0.3 is 0 Å². The second-order valence-corrected chi connectivity index (χ2v) is 3.64. The van der Waals surface area contributed by atoms with Crippen molar-refractivity contribution in [3.05, 3.63) is 0 Å². The molecule has 0 radical (unpaired) electrons. The minimum absolute atomic E-state index is 0.240. The lowest BCUT2D eigenvalue weighted by Crippen LogP contribution is -2.08. The van der Waals surface area contributed by atoms with Crippen LogP contribution in [0, 0.1) is 5.92 Å². The Labute approximate surface area is 76.2 Å². The zero-order valence-electron chi connectivity index (χ0n) is 8.80. The van der Waals surface area contributed by atoms with Crippen molar-refractivity contribution < 1.29 is 9.78 Å². The molecule has 2 nitrogen and oxygen atoms in total. The maximum atomic E-state index is 5.07. The van der Waals surface area contributed by atoms with Crippen LogP contribution in [0.2, 0.25) is 0 Å². The molecule has 0 bridgehead atoms. The van der Waals surface area contributed by atoms with Gasteiger partial charge in [-0.1, -0.05) is 26.7 Å². The summed E-state index contributed by atoms with van der Waals surface area (Å²) in [5.74, 6) is 0.796. The Bertz CT molecular complexity index is 91.8. The van der Waals surface area contributed by atoms with Gasteiger partial charge in [0.15, 0.2) is 0 Å². The van der Waals surface area contributed by atoms with Crippen molar-refractivity contribution >= 4 is 0 Å². The first-order chi connectivity index (χ1) is 5.66. The topological polar surface area (TPSA) is 18.5 Å². The van der Waals surface area contributed by atoms with E-state index in [1.165, 1.54) is 12.8 Å². The number of rotatable bonds is 7. The molecule has 0 heterocycles. The molecule has 0 N–H and O–H groups in total. The molecule has 0 aliphatic rings. The molecular weight excluding hydrogens is 152 g/mol. The average molecular weight is 174 g/mol. The normalized spacial score (nSPS) is 13.8. The summed E-state index contributed by atoms with van der Waals surface area (Å²) in [6, 6.07) is 0. The number of hydrogen-bond acceptors (Lipinski definition) is 2. The van der Waals surface area contributed by atoms with E-state index in [-0.39, 0.29) is 6.10 Å². The van der Waals surface area contributed by atoms with E-state index in [2.05, 4.69) is 20.8 Å². The fraction of sp³-hybridized carbons (Fsp3) is 1.00. The summed E-state index contributed by atoms with van der Waals surface area (Å²) in [5, 5.41) is 0. The maximum Gasteiger partial charge on any atom is 0.0901 e. The van der Waals surface area contributed by atoms with Crippen molar-refractivity contribution in [1.29, 1.82) is 0 Å². The van der Waals surface area contributed by atoms with Gasteiger partial charge in [0.1, 0.15) is 0 Å². The van der Waals surface area contributed by atoms with Crippen molar-refractivity contribution in [2.75, 3.05) is 6.61 Å². The van der Waals surface area contributed by atoms with Crippen LogP contribution in [0.4, 0.5) is 0 Å². The molecule has 1 atom stereocenters. The summed E-state index contributed by atoms with van der Waals surface area (Å²) in [6.07, 6.45) is 3.84. The third-order valence-corrected chi connectivity index (χ3v) is 1.74. The molecule has 0 aliphatic heterocycles. The van der Waals surface area contributed by atoms with Crippen LogP contribution in [-0.2, 0) is 9.78 Å². The Balaban J connectivity index is 3.13. The zero-order valence-corrected chi connectivity index (χ0v) is 8.80. The number of hydrogen-bond donors (Lipinski definition) is 0. The smallest absolute Gasteiger partial charge is 0.0901 e. The molecule has 0 aromatic carbocycles. The van der Waals surface area contributed by atoms with Crippen molar-refractivity contribution in [2.45, 2.75) is 53.1 Å². The van der Waals surface area contributed by atoms with Crippen LogP contribution in [0.5, 0.6) is 0 Å². The van der Waals surface area contributed by atoms with E-state index in [1.807, 2.05) is 6.92 Å². The highest BCUT2D eigenvalue weighted by Gasteiger charge is 2.03. The molecule has 0 aromatic heterocycles. The highest BCUT2D eigenvalue weighted by Crippen LogP contribution is 2.10. The van der Waals surface area contributed by atoms with Gasteiger partial charge in [-0.25, -0.2) is 9.78 Å². The summed E-state index contributed by atoms with van der Waals surface area (Å²) in [5.41, 5.74) is 0. The molecule has 12 heavy (non-hydrogen) atoms. The second kappa shape index (κ2) is 7.56. The van der Waals surface area contributed by atoms with Crippen LogP contribution < -0.4 is 0 Å². The predicted octanol–water partition coefficient (Wildman–Crippen LogP) is 3.17. The monoisotopic (exact) mass is 174 g/mol. The minimum Gasteiger partial charge on any atom is -0.237 e. The minimum atomic E-state index is 0.240. The van der Waals surface area contributed by atoms with Gasteiger partial charge in [-0.2, -0.15) is 0 Å². The average Bonchev–Trinajstić information content (AvgIpc) is 2.00. The molecule has 2 heteroatoms. The van der Waals surface area contributed by atoms with Crippen molar-refractivity contribution in [3.8, 4) is 0 Å². The molecule has 1 unspecified atom stereocenters. The zero-order chi connectivity index (χ0) is 9.40. The molecule has 0 amide bonds. The van der Waals surface area contributed by atoms with Gasteiger partial charge in [0.25, 0.3) is 0 Å². The van der Waals surface area contributed by atoms with Crippen LogP contribution >= 0.6 is 0 Å². The molecule has 0 spiro atoms. The summed E-state index contributed by atoms with van der Waals surface area (Å²) < 4.78 is 0. The Morgan fingerprint density at radius 2 is 1.75 bits per heavy atom. The fourth-order valence-corrected chi connectivity index (χ4v) is 1.05. The van der Waals surface area contributed by atoms with Crippen LogP contribution in [0.15, 0.2) is 0 Å². The third kappa shape index (κ3) is 8.02. The van der Waals surface area contributed by atoms with E-state index < -0.39 is 0 Å². The van der Waals surface area contributed by atoms with Gasteiger partial charge in [0.2, 0.25) is 0 Å². The lowest BCUT2D eigenvalue weighted by atomic mass is 10.1. The lowest BCUT2D eigenvalue weighted by molar-refractivity contribution is -0.318. The fourth-order valence-electron chi connectivity index (χ4n) is 1.05. The molecule has 0 fully saturated rings. The van der Waals surface area contributed by atoms with Crippen molar-refractivity contribution in [3.63, 3.8) is 0 Å². The van der Waals surface area contributed by atoms with Crippen LogP contribution in [0.25, 0.3) is 0 Å². The predicted molar refractivity (Wildman–Crippen MR) is 50.9 cm³/mol. The Kier molecular flexibility index (Phi) is 7.51. The SMILES string of the molecule is CCOOC(C)CCCC(C)C. The first-order valence-corrected chi connectivity index (χ1v) is 4.95. The van der Waals surface area contributed by atoms with Crippen LogP contribution in [0.1, 0.15) is 47.0 Å². The molecule has 0 rings (SSSR count).